The van der Waals surface area contributed by atoms with E-state index >= 15 is 4.39 Å². The van der Waals surface area contributed by atoms with Gasteiger partial charge in [-0.15, -0.1) is 0 Å². The number of hydrogen-bond donors (Lipinski definition) is 1. The highest BCUT2D eigenvalue weighted by Gasteiger charge is 2.21. The second-order valence-corrected chi connectivity index (χ2v) is 10.1. The minimum atomic E-state index is -0.356. The van der Waals surface area contributed by atoms with Gasteiger partial charge >= 0.3 is 0 Å². The molecule has 0 saturated heterocycles. The van der Waals surface area contributed by atoms with E-state index in [0.29, 0.717) is 24.1 Å². The van der Waals surface area contributed by atoms with Gasteiger partial charge in [-0.05, 0) is 62.6 Å². The van der Waals surface area contributed by atoms with Crippen molar-refractivity contribution < 1.29 is 9.18 Å². The highest BCUT2D eigenvalue weighted by atomic mass is 19.1. The van der Waals surface area contributed by atoms with E-state index in [0.717, 1.165) is 40.3 Å². The predicted octanol–water partition coefficient (Wildman–Crippen LogP) is 4.92. The molecular formula is C31H36FN5O2. The first-order chi connectivity index (χ1) is 18.6. The second kappa shape index (κ2) is 11.8. The van der Waals surface area contributed by atoms with Gasteiger partial charge in [0.2, 0.25) is 0 Å². The van der Waals surface area contributed by atoms with Crippen LogP contribution < -0.4 is 10.9 Å². The summed E-state index contributed by atoms with van der Waals surface area (Å²) in [5, 5.41) is 2.99. The molecule has 1 aromatic carbocycles. The Kier molecular flexibility index (Phi) is 8.45. The van der Waals surface area contributed by atoms with Crippen molar-refractivity contribution in [1.82, 2.24) is 19.4 Å². The van der Waals surface area contributed by atoms with Gasteiger partial charge in [0, 0.05) is 86.8 Å². The van der Waals surface area contributed by atoms with Gasteiger partial charge < -0.3 is 10.2 Å². The molecule has 1 N–H and O–H groups in total. The average molecular weight is 530 g/mol. The van der Waals surface area contributed by atoms with Crippen molar-refractivity contribution in [1.29, 1.82) is 0 Å². The van der Waals surface area contributed by atoms with Crippen molar-refractivity contribution in [3.63, 3.8) is 0 Å². The quantitative estimate of drug-likeness (QED) is 0.470. The lowest BCUT2D eigenvalue weighted by molar-refractivity contribution is 0.0827. The summed E-state index contributed by atoms with van der Waals surface area (Å²) in [5.74, 6) is -0.565. The molecule has 1 aliphatic rings. The van der Waals surface area contributed by atoms with Crippen LogP contribution in [0, 0.1) is 19.7 Å². The SMILES string of the molecule is CNc1ccn(-c2ccnc(C)c2/C=C/C(C)N2CC=C(c3c(C)cc(C(=O)N(C)C)cc3F)CC2)c(=O)c1. The zero-order valence-corrected chi connectivity index (χ0v) is 23.5. The summed E-state index contributed by atoms with van der Waals surface area (Å²) < 4.78 is 16.7. The molecule has 2 aromatic heterocycles. The van der Waals surface area contributed by atoms with Crippen molar-refractivity contribution in [2.75, 3.05) is 39.5 Å². The number of aryl methyl sites for hydroxylation is 2. The van der Waals surface area contributed by atoms with Crippen LogP contribution in [-0.4, -0.2) is 65.5 Å². The first-order valence-corrected chi connectivity index (χ1v) is 13.1. The standard InChI is InChI=1S/C31H36FN5O2/c1-20-17-24(31(39)35(5)6)18-27(32)30(20)23-10-14-36(15-11-23)21(2)7-8-26-22(3)34-13-9-28(26)37-16-12-25(33-4)19-29(37)38/h7-10,12-13,16-19,21,33H,11,14-15H2,1-6H3/b8-7+. The van der Waals surface area contributed by atoms with E-state index in [2.05, 4.69) is 34.3 Å². The van der Waals surface area contributed by atoms with E-state index in [4.69, 9.17) is 0 Å². The Balaban J connectivity index is 1.53. The van der Waals surface area contributed by atoms with E-state index in [9.17, 15) is 9.59 Å². The molecule has 4 rings (SSSR count). The number of halogens is 1. The highest BCUT2D eigenvalue weighted by molar-refractivity contribution is 5.94. The summed E-state index contributed by atoms with van der Waals surface area (Å²) in [4.78, 5) is 33.2. The molecule has 0 radical (unpaired) electrons. The minimum Gasteiger partial charge on any atom is -0.388 e. The molecule has 39 heavy (non-hydrogen) atoms. The van der Waals surface area contributed by atoms with E-state index in [1.54, 1.807) is 50.2 Å². The summed E-state index contributed by atoms with van der Waals surface area (Å²) >= 11 is 0. The number of aromatic nitrogens is 2. The summed E-state index contributed by atoms with van der Waals surface area (Å²) in [6.07, 6.45) is 10.4. The number of nitrogens with one attached hydrogen (secondary N) is 1. The highest BCUT2D eigenvalue weighted by Crippen LogP contribution is 2.30. The van der Waals surface area contributed by atoms with Gasteiger partial charge in [0.1, 0.15) is 5.82 Å². The molecule has 3 aromatic rings. The number of rotatable bonds is 7. The lowest BCUT2D eigenvalue weighted by atomic mass is 9.93. The largest absolute Gasteiger partial charge is 0.388 e. The molecule has 1 unspecified atom stereocenters. The Morgan fingerprint density at radius 1 is 1.21 bits per heavy atom. The fourth-order valence-electron chi connectivity index (χ4n) is 4.99. The Morgan fingerprint density at radius 2 is 1.97 bits per heavy atom. The molecule has 0 spiro atoms. The molecule has 8 heteroatoms. The van der Waals surface area contributed by atoms with Crippen LogP contribution in [0.4, 0.5) is 10.1 Å². The number of hydrogen-bond acceptors (Lipinski definition) is 5. The normalized spacial score (nSPS) is 14.8. The molecule has 1 amide bonds. The average Bonchev–Trinajstić information content (AvgIpc) is 2.91. The van der Waals surface area contributed by atoms with Crippen LogP contribution in [0.25, 0.3) is 17.3 Å². The smallest absolute Gasteiger partial charge is 0.257 e. The Hall–Kier alpha value is -4.04. The zero-order chi connectivity index (χ0) is 28.3. The minimum absolute atomic E-state index is 0.115. The molecule has 1 aliphatic heterocycles. The number of carbonyl (C=O) groups excluding carboxylic acids is 1. The van der Waals surface area contributed by atoms with Gasteiger partial charge in [-0.2, -0.15) is 0 Å². The van der Waals surface area contributed by atoms with Crippen molar-refractivity contribution in [2.45, 2.75) is 33.2 Å². The molecule has 0 bridgehead atoms. The summed E-state index contributed by atoms with van der Waals surface area (Å²) in [5.41, 5.74) is 5.84. The van der Waals surface area contributed by atoms with Gasteiger partial charge in [-0.1, -0.05) is 18.2 Å². The number of amides is 1. The third kappa shape index (κ3) is 6.01. The Labute approximate surface area is 229 Å². The number of anilines is 1. The summed E-state index contributed by atoms with van der Waals surface area (Å²) in [7, 11) is 5.11. The number of nitrogens with zero attached hydrogens (tertiary/aromatic N) is 4. The number of carbonyl (C=O) groups is 1. The second-order valence-electron chi connectivity index (χ2n) is 10.1. The van der Waals surface area contributed by atoms with Crippen LogP contribution in [0.5, 0.6) is 0 Å². The van der Waals surface area contributed by atoms with Crippen molar-refractivity contribution in [3.05, 3.63) is 99.0 Å². The van der Waals surface area contributed by atoms with Gasteiger partial charge in [-0.25, -0.2) is 4.39 Å². The predicted molar refractivity (Wildman–Crippen MR) is 156 cm³/mol. The maximum atomic E-state index is 15.1. The first-order valence-electron chi connectivity index (χ1n) is 13.1. The van der Waals surface area contributed by atoms with E-state index in [-0.39, 0.29) is 23.3 Å². The van der Waals surface area contributed by atoms with Crippen molar-refractivity contribution in [3.8, 4) is 5.69 Å². The van der Waals surface area contributed by atoms with Crippen molar-refractivity contribution in [2.24, 2.45) is 0 Å². The van der Waals surface area contributed by atoms with E-state index in [1.807, 2.05) is 32.1 Å². The molecule has 1 atom stereocenters. The molecule has 0 saturated carbocycles. The topological polar surface area (TPSA) is 70.5 Å². The van der Waals surface area contributed by atoms with Crippen LogP contribution in [0.2, 0.25) is 0 Å². The van der Waals surface area contributed by atoms with E-state index in [1.165, 1.54) is 11.0 Å². The summed E-state index contributed by atoms with van der Waals surface area (Å²) in [6, 6.07) is 8.51. The molecule has 204 valence electrons. The molecular weight excluding hydrogens is 493 g/mol. The lowest BCUT2D eigenvalue weighted by Crippen LogP contribution is -2.35. The van der Waals surface area contributed by atoms with Crippen LogP contribution in [0.1, 0.15) is 46.1 Å². The number of pyridine rings is 2. The lowest BCUT2D eigenvalue weighted by Gasteiger charge is -2.31. The third-order valence-corrected chi connectivity index (χ3v) is 7.25. The van der Waals surface area contributed by atoms with Gasteiger partial charge in [0.25, 0.3) is 11.5 Å². The van der Waals surface area contributed by atoms with Crippen LogP contribution in [0.15, 0.2) is 59.7 Å². The fourth-order valence-corrected chi connectivity index (χ4v) is 4.99. The van der Waals surface area contributed by atoms with E-state index < -0.39 is 0 Å². The Morgan fingerprint density at radius 3 is 2.59 bits per heavy atom. The molecule has 3 heterocycles. The maximum Gasteiger partial charge on any atom is 0.257 e. The van der Waals surface area contributed by atoms with Gasteiger partial charge in [0.05, 0.1) is 5.69 Å². The zero-order valence-electron chi connectivity index (χ0n) is 23.5. The first kappa shape index (κ1) is 28.0. The van der Waals surface area contributed by atoms with Crippen molar-refractivity contribution >= 4 is 23.2 Å². The summed E-state index contributed by atoms with van der Waals surface area (Å²) in [6.45, 7) is 7.38. The van der Waals surface area contributed by atoms with Crippen LogP contribution in [0.3, 0.4) is 0 Å². The maximum absolute atomic E-state index is 15.1. The van der Waals surface area contributed by atoms with Gasteiger partial charge in [0.15, 0.2) is 0 Å². The van der Waals surface area contributed by atoms with Crippen LogP contribution in [-0.2, 0) is 0 Å². The molecule has 0 fully saturated rings. The monoisotopic (exact) mass is 529 g/mol. The number of benzene rings is 1. The fraction of sp³-hybridized carbons (Fsp3) is 0.323. The Bertz CT molecular complexity index is 1480. The molecule has 0 aliphatic carbocycles. The van der Waals surface area contributed by atoms with Crippen LogP contribution >= 0.6 is 0 Å². The molecule has 7 nitrogen and oxygen atoms in total. The van der Waals surface area contributed by atoms with Gasteiger partial charge in [-0.3, -0.25) is 24.0 Å². The third-order valence-electron chi connectivity index (χ3n) is 7.25.